The van der Waals surface area contributed by atoms with Crippen molar-refractivity contribution in [3.63, 3.8) is 0 Å². The summed E-state index contributed by atoms with van der Waals surface area (Å²) in [5, 5.41) is 6.56. The maximum Gasteiger partial charge on any atom is 0.252 e. The van der Waals surface area contributed by atoms with E-state index < -0.39 is 0 Å². The van der Waals surface area contributed by atoms with Crippen LogP contribution in [-0.4, -0.2) is 53.6 Å². The van der Waals surface area contributed by atoms with Crippen LogP contribution in [0.3, 0.4) is 0 Å². The lowest BCUT2D eigenvalue weighted by atomic mass is 10.1. The molecule has 2 N–H and O–H groups in total. The fraction of sp³-hybridized carbons (Fsp3) is 0.206. The molecule has 11 heteroatoms. The van der Waals surface area contributed by atoms with Crippen LogP contribution in [0, 0.1) is 17.7 Å². The molecule has 0 atom stereocenters. The summed E-state index contributed by atoms with van der Waals surface area (Å²) in [7, 11) is 0. The number of hydrogen-bond acceptors (Lipinski definition) is 8. The molecule has 1 amide bonds. The van der Waals surface area contributed by atoms with Gasteiger partial charge in [-0.25, -0.2) is 14.4 Å². The van der Waals surface area contributed by atoms with Crippen LogP contribution >= 0.6 is 22.9 Å². The first-order chi connectivity index (χ1) is 22.0. The molecule has 2 aromatic heterocycles. The standard InChI is InChI=1S/C34H29ClFN5O3S/c35-29-18-27(10-11-31(29)44-21-24-3-1-4-26(36)17-24)40-33-32-30(38-22-39-33)19-28(45-32)5-2-12-37-34(42)25-8-6-23(7-9-25)20-41-13-15-43-16-14-41/h1,3-4,6-11,17-19,22H,12-16,20-21H2,(H,37,42)(H,38,39,40). The van der Waals surface area contributed by atoms with Gasteiger partial charge in [-0.3, -0.25) is 9.69 Å². The van der Waals surface area contributed by atoms with Crippen molar-refractivity contribution in [3.05, 3.63) is 112 Å². The van der Waals surface area contributed by atoms with Gasteiger partial charge in [-0.15, -0.1) is 11.3 Å². The first-order valence-corrected chi connectivity index (χ1v) is 15.5. The molecule has 1 saturated heterocycles. The Bertz CT molecular complexity index is 1870. The van der Waals surface area contributed by atoms with Crippen LogP contribution in [0.4, 0.5) is 15.9 Å². The molecule has 0 spiro atoms. The SMILES string of the molecule is O=C(NCC#Cc1cc2ncnc(Nc3ccc(OCc4cccc(F)c4)c(Cl)c3)c2s1)c1ccc(CN2CCOCC2)cc1. The molecule has 0 saturated carbocycles. The summed E-state index contributed by atoms with van der Waals surface area (Å²) < 4.78 is 25.5. The number of fused-ring (bicyclic) bond motifs is 1. The lowest BCUT2D eigenvalue weighted by Crippen LogP contribution is -2.35. The van der Waals surface area contributed by atoms with E-state index >= 15 is 0 Å². The fourth-order valence-corrected chi connectivity index (χ4v) is 5.93. The van der Waals surface area contributed by atoms with Crippen molar-refractivity contribution < 1.29 is 18.7 Å². The zero-order valence-corrected chi connectivity index (χ0v) is 25.8. The van der Waals surface area contributed by atoms with Crippen molar-refractivity contribution in [2.75, 3.05) is 38.2 Å². The lowest BCUT2D eigenvalue weighted by molar-refractivity contribution is 0.0342. The highest BCUT2D eigenvalue weighted by Gasteiger charge is 2.12. The van der Waals surface area contributed by atoms with Crippen molar-refractivity contribution in [2.24, 2.45) is 0 Å². The Hall–Kier alpha value is -4.53. The first-order valence-electron chi connectivity index (χ1n) is 14.3. The zero-order valence-electron chi connectivity index (χ0n) is 24.2. The number of carbonyl (C=O) groups is 1. The summed E-state index contributed by atoms with van der Waals surface area (Å²) in [5.41, 5.74) is 3.95. The van der Waals surface area contributed by atoms with E-state index in [1.54, 1.807) is 24.3 Å². The molecule has 6 rings (SSSR count). The third-order valence-electron chi connectivity index (χ3n) is 7.06. The van der Waals surface area contributed by atoms with Gasteiger partial charge in [-0.2, -0.15) is 0 Å². The van der Waals surface area contributed by atoms with Gasteiger partial charge in [0.1, 0.15) is 24.5 Å². The highest BCUT2D eigenvalue weighted by molar-refractivity contribution is 7.20. The molecule has 5 aromatic rings. The van der Waals surface area contributed by atoms with E-state index in [2.05, 4.69) is 37.3 Å². The van der Waals surface area contributed by atoms with Crippen molar-refractivity contribution in [3.8, 4) is 17.6 Å². The van der Waals surface area contributed by atoms with Crippen molar-refractivity contribution in [2.45, 2.75) is 13.2 Å². The Morgan fingerprint density at radius 1 is 1.04 bits per heavy atom. The van der Waals surface area contributed by atoms with Gasteiger partial charge in [0, 0.05) is 30.9 Å². The van der Waals surface area contributed by atoms with Crippen LogP contribution in [-0.2, 0) is 17.9 Å². The topological polar surface area (TPSA) is 88.6 Å². The Balaban J connectivity index is 1.04. The summed E-state index contributed by atoms with van der Waals surface area (Å²) in [5.74, 6) is 6.77. The number of morpholine rings is 1. The number of nitrogens with zero attached hydrogens (tertiary/aromatic N) is 3. The van der Waals surface area contributed by atoms with E-state index in [0.717, 1.165) is 53.6 Å². The number of carbonyl (C=O) groups excluding carboxylic acids is 1. The Labute approximate surface area is 269 Å². The highest BCUT2D eigenvalue weighted by atomic mass is 35.5. The molecule has 1 fully saturated rings. The molecular weight excluding hydrogens is 613 g/mol. The summed E-state index contributed by atoms with van der Waals surface area (Å²) >= 11 is 7.92. The van der Waals surface area contributed by atoms with Gasteiger partial charge < -0.3 is 20.1 Å². The van der Waals surface area contributed by atoms with E-state index in [1.165, 1.54) is 35.4 Å². The predicted octanol–water partition coefficient (Wildman–Crippen LogP) is 6.42. The number of thiophene rings is 1. The normalized spacial score (nSPS) is 13.2. The van der Waals surface area contributed by atoms with Crippen molar-refractivity contribution in [1.29, 1.82) is 0 Å². The van der Waals surface area contributed by atoms with E-state index in [4.69, 9.17) is 21.1 Å². The third kappa shape index (κ3) is 8.15. The second-order valence-corrected chi connectivity index (χ2v) is 11.8. The molecule has 45 heavy (non-hydrogen) atoms. The number of halogens is 2. The number of ether oxygens (including phenoxy) is 2. The number of nitrogens with one attached hydrogen (secondary N) is 2. The van der Waals surface area contributed by atoms with Crippen LogP contribution < -0.4 is 15.4 Å². The minimum absolute atomic E-state index is 0.167. The van der Waals surface area contributed by atoms with Gasteiger partial charge in [-0.05, 0) is 59.7 Å². The molecule has 8 nitrogen and oxygen atoms in total. The van der Waals surface area contributed by atoms with Gasteiger partial charge in [-0.1, -0.05) is 47.7 Å². The average Bonchev–Trinajstić information content (AvgIpc) is 3.48. The number of anilines is 2. The van der Waals surface area contributed by atoms with Gasteiger partial charge >= 0.3 is 0 Å². The number of benzene rings is 3. The maximum atomic E-state index is 13.4. The van der Waals surface area contributed by atoms with Crippen LogP contribution in [0.1, 0.15) is 26.4 Å². The molecule has 0 radical (unpaired) electrons. The summed E-state index contributed by atoms with van der Waals surface area (Å²) in [4.78, 5) is 24.5. The minimum Gasteiger partial charge on any atom is -0.487 e. The third-order valence-corrected chi connectivity index (χ3v) is 8.41. The monoisotopic (exact) mass is 641 g/mol. The zero-order chi connectivity index (χ0) is 31.0. The largest absolute Gasteiger partial charge is 0.487 e. The van der Waals surface area contributed by atoms with Crippen molar-refractivity contribution in [1.82, 2.24) is 20.2 Å². The second-order valence-electron chi connectivity index (χ2n) is 10.3. The summed E-state index contributed by atoms with van der Waals surface area (Å²) in [6, 6.07) is 21.1. The molecule has 0 bridgehead atoms. The molecule has 1 aliphatic heterocycles. The molecule has 0 unspecified atom stereocenters. The van der Waals surface area contributed by atoms with Gasteiger partial charge in [0.25, 0.3) is 5.91 Å². The van der Waals surface area contributed by atoms with E-state index in [1.807, 2.05) is 36.4 Å². The first kappa shape index (κ1) is 30.5. The molecular formula is C34H29ClFN5O3S. The molecule has 1 aliphatic rings. The van der Waals surface area contributed by atoms with Crippen LogP contribution in [0.2, 0.25) is 5.02 Å². The molecule has 3 aromatic carbocycles. The average molecular weight is 642 g/mol. The van der Waals surface area contributed by atoms with E-state index in [-0.39, 0.29) is 24.9 Å². The van der Waals surface area contributed by atoms with Crippen molar-refractivity contribution >= 4 is 50.6 Å². The van der Waals surface area contributed by atoms with Gasteiger partial charge in [0.2, 0.25) is 0 Å². The maximum absolute atomic E-state index is 13.4. The number of aromatic nitrogens is 2. The van der Waals surface area contributed by atoms with Gasteiger partial charge in [0.15, 0.2) is 5.82 Å². The Kier molecular flexibility index (Phi) is 9.83. The minimum atomic E-state index is -0.315. The molecule has 228 valence electrons. The number of hydrogen-bond donors (Lipinski definition) is 2. The fourth-order valence-electron chi connectivity index (χ4n) is 4.76. The Morgan fingerprint density at radius 3 is 2.69 bits per heavy atom. The van der Waals surface area contributed by atoms with E-state index in [0.29, 0.717) is 27.7 Å². The Morgan fingerprint density at radius 2 is 1.89 bits per heavy atom. The van der Waals surface area contributed by atoms with Crippen LogP contribution in [0.5, 0.6) is 5.75 Å². The number of amides is 1. The highest BCUT2D eigenvalue weighted by Crippen LogP contribution is 2.33. The van der Waals surface area contributed by atoms with Crippen LogP contribution in [0.15, 0.2) is 79.1 Å². The quantitative estimate of drug-likeness (QED) is 0.180. The van der Waals surface area contributed by atoms with Crippen LogP contribution in [0.25, 0.3) is 10.2 Å². The molecule has 3 heterocycles. The summed E-state index contributed by atoms with van der Waals surface area (Å²) in [6.07, 6.45) is 1.49. The lowest BCUT2D eigenvalue weighted by Gasteiger charge is -2.26. The second kappa shape index (κ2) is 14.5. The smallest absolute Gasteiger partial charge is 0.252 e. The van der Waals surface area contributed by atoms with Gasteiger partial charge in [0.05, 0.1) is 39.9 Å². The number of rotatable bonds is 9. The molecule has 0 aliphatic carbocycles. The van der Waals surface area contributed by atoms with E-state index in [9.17, 15) is 9.18 Å². The predicted molar refractivity (Wildman–Crippen MR) is 175 cm³/mol. The summed E-state index contributed by atoms with van der Waals surface area (Å²) in [6.45, 7) is 4.62.